The van der Waals surface area contributed by atoms with Crippen LogP contribution in [0, 0.1) is 0 Å². The summed E-state index contributed by atoms with van der Waals surface area (Å²) in [6.45, 7) is 0. The van der Waals surface area contributed by atoms with E-state index in [0.29, 0.717) is 12.2 Å². The molecular weight excluding hydrogens is 112 g/mol. The fourth-order valence-corrected chi connectivity index (χ4v) is 1.96. The van der Waals surface area contributed by atoms with Crippen molar-refractivity contribution in [1.82, 2.24) is 0 Å². The summed E-state index contributed by atoms with van der Waals surface area (Å²) in [5.74, 6) is 0. The van der Waals surface area contributed by atoms with Crippen LogP contribution in [0.4, 0.5) is 0 Å². The lowest BCUT2D eigenvalue weighted by Gasteiger charge is -2.16. The smallest absolute Gasteiger partial charge is 0.0838 e. The van der Waals surface area contributed by atoms with Gasteiger partial charge in [-0.05, 0) is 24.0 Å². The number of fused-ring (bicyclic) bond motifs is 4. The van der Waals surface area contributed by atoms with Crippen molar-refractivity contribution in [2.24, 2.45) is 0 Å². The Morgan fingerprint density at radius 1 is 1.11 bits per heavy atom. The third-order valence-electron chi connectivity index (χ3n) is 2.49. The van der Waals surface area contributed by atoms with Crippen LogP contribution in [-0.4, -0.2) is 12.2 Å². The SMILES string of the molecule is C1=CC2=C1C1CCC2O1. The van der Waals surface area contributed by atoms with Crippen molar-refractivity contribution < 1.29 is 4.74 Å². The average molecular weight is 120 g/mol. The van der Waals surface area contributed by atoms with Gasteiger partial charge in [0, 0.05) is 0 Å². The third-order valence-corrected chi connectivity index (χ3v) is 2.49. The molecule has 0 aromatic heterocycles. The van der Waals surface area contributed by atoms with Gasteiger partial charge in [0.05, 0.1) is 12.2 Å². The summed E-state index contributed by atoms with van der Waals surface area (Å²) in [4.78, 5) is 0. The number of ether oxygens (including phenoxy) is 1. The Kier molecular flexibility index (Phi) is 0.544. The molecule has 1 saturated heterocycles. The van der Waals surface area contributed by atoms with E-state index in [1.165, 1.54) is 24.0 Å². The first-order chi connectivity index (χ1) is 4.45. The van der Waals surface area contributed by atoms with Gasteiger partial charge in [-0.1, -0.05) is 12.2 Å². The molecule has 0 radical (unpaired) electrons. The van der Waals surface area contributed by atoms with E-state index in [1.807, 2.05) is 0 Å². The second-order valence-corrected chi connectivity index (χ2v) is 2.93. The minimum atomic E-state index is 0.495. The highest BCUT2D eigenvalue weighted by Crippen LogP contribution is 2.44. The maximum atomic E-state index is 5.62. The number of hydrogen-bond donors (Lipinski definition) is 0. The molecule has 3 aliphatic rings. The molecule has 2 unspecified atom stereocenters. The van der Waals surface area contributed by atoms with Crippen LogP contribution in [-0.2, 0) is 4.74 Å². The highest BCUT2D eigenvalue weighted by molar-refractivity contribution is 5.53. The Hall–Kier alpha value is -0.560. The minimum Gasteiger partial charge on any atom is -0.366 e. The highest BCUT2D eigenvalue weighted by Gasteiger charge is 2.40. The quantitative estimate of drug-likeness (QED) is 0.469. The molecule has 2 aliphatic heterocycles. The van der Waals surface area contributed by atoms with E-state index in [9.17, 15) is 0 Å². The van der Waals surface area contributed by atoms with Gasteiger partial charge in [-0.2, -0.15) is 0 Å². The van der Waals surface area contributed by atoms with E-state index in [0.717, 1.165) is 0 Å². The predicted molar refractivity (Wildman–Crippen MR) is 34.1 cm³/mol. The maximum absolute atomic E-state index is 5.62. The summed E-state index contributed by atoms with van der Waals surface area (Å²) < 4.78 is 5.62. The van der Waals surface area contributed by atoms with E-state index in [1.54, 1.807) is 0 Å². The second kappa shape index (κ2) is 1.14. The van der Waals surface area contributed by atoms with Crippen molar-refractivity contribution in [2.75, 3.05) is 0 Å². The molecular formula is C8H8O. The van der Waals surface area contributed by atoms with Crippen LogP contribution in [0.1, 0.15) is 12.8 Å². The minimum absolute atomic E-state index is 0.495. The van der Waals surface area contributed by atoms with Gasteiger partial charge >= 0.3 is 0 Å². The van der Waals surface area contributed by atoms with E-state index in [-0.39, 0.29) is 0 Å². The first kappa shape index (κ1) is 4.29. The normalized spacial score (nSPS) is 43.6. The third kappa shape index (κ3) is 0.340. The number of hydrogen-bond acceptors (Lipinski definition) is 1. The zero-order chi connectivity index (χ0) is 5.84. The second-order valence-electron chi connectivity index (χ2n) is 2.93. The molecule has 0 spiro atoms. The molecule has 0 saturated carbocycles. The Labute approximate surface area is 54.0 Å². The molecule has 1 aliphatic carbocycles. The lowest BCUT2D eigenvalue weighted by atomic mass is 9.85. The largest absolute Gasteiger partial charge is 0.366 e. The fourth-order valence-electron chi connectivity index (χ4n) is 1.96. The molecule has 46 valence electrons. The van der Waals surface area contributed by atoms with E-state index in [2.05, 4.69) is 12.2 Å². The Morgan fingerprint density at radius 3 is 2.00 bits per heavy atom. The van der Waals surface area contributed by atoms with Gasteiger partial charge < -0.3 is 4.74 Å². The molecule has 0 N–H and O–H groups in total. The molecule has 1 fully saturated rings. The molecule has 0 aromatic rings. The van der Waals surface area contributed by atoms with Gasteiger partial charge in [-0.25, -0.2) is 0 Å². The van der Waals surface area contributed by atoms with Crippen LogP contribution < -0.4 is 0 Å². The monoisotopic (exact) mass is 120 g/mol. The molecule has 2 atom stereocenters. The van der Waals surface area contributed by atoms with E-state index < -0.39 is 0 Å². The predicted octanol–water partition coefficient (Wildman–Crippen LogP) is 1.41. The lowest BCUT2D eigenvalue weighted by molar-refractivity contribution is 0.116. The Bertz CT molecular complexity index is 203. The van der Waals surface area contributed by atoms with E-state index >= 15 is 0 Å². The van der Waals surface area contributed by atoms with Crippen molar-refractivity contribution in [1.29, 1.82) is 0 Å². The summed E-state index contributed by atoms with van der Waals surface area (Å²) in [5, 5.41) is 0. The molecule has 1 heteroatoms. The van der Waals surface area contributed by atoms with Crippen molar-refractivity contribution in [3.8, 4) is 0 Å². The standard InChI is InChI=1S/C8H8O/c1-2-6-5(1)7-3-4-8(6)9-7/h1-2,7-8H,3-4H2. The Morgan fingerprint density at radius 2 is 1.67 bits per heavy atom. The van der Waals surface area contributed by atoms with Gasteiger partial charge in [0.25, 0.3) is 0 Å². The Balaban J connectivity index is 2.13. The van der Waals surface area contributed by atoms with E-state index in [4.69, 9.17) is 4.74 Å². The first-order valence-corrected chi connectivity index (χ1v) is 3.53. The topological polar surface area (TPSA) is 9.23 Å². The first-order valence-electron chi connectivity index (χ1n) is 3.53. The van der Waals surface area contributed by atoms with Crippen LogP contribution in [0.5, 0.6) is 0 Å². The van der Waals surface area contributed by atoms with Crippen molar-refractivity contribution in [2.45, 2.75) is 25.0 Å². The number of rotatable bonds is 0. The van der Waals surface area contributed by atoms with Crippen LogP contribution in [0.15, 0.2) is 23.3 Å². The van der Waals surface area contributed by atoms with Crippen LogP contribution >= 0.6 is 0 Å². The lowest BCUT2D eigenvalue weighted by Crippen LogP contribution is -2.10. The van der Waals surface area contributed by atoms with Gasteiger partial charge in [-0.3, -0.25) is 0 Å². The molecule has 2 bridgehead atoms. The van der Waals surface area contributed by atoms with Crippen LogP contribution in [0.2, 0.25) is 0 Å². The molecule has 0 amide bonds. The van der Waals surface area contributed by atoms with Gasteiger partial charge in [0.1, 0.15) is 0 Å². The van der Waals surface area contributed by atoms with Gasteiger partial charge in [-0.15, -0.1) is 0 Å². The molecule has 9 heavy (non-hydrogen) atoms. The fraction of sp³-hybridized carbons (Fsp3) is 0.500. The molecule has 0 aromatic carbocycles. The summed E-state index contributed by atoms with van der Waals surface area (Å²) in [6, 6.07) is 0. The van der Waals surface area contributed by atoms with Crippen molar-refractivity contribution >= 4 is 0 Å². The zero-order valence-corrected chi connectivity index (χ0v) is 5.13. The van der Waals surface area contributed by atoms with Crippen molar-refractivity contribution in [3.05, 3.63) is 23.3 Å². The van der Waals surface area contributed by atoms with Crippen molar-refractivity contribution in [3.63, 3.8) is 0 Å². The maximum Gasteiger partial charge on any atom is 0.0838 e. The van der Waals surface area contributed by atoms with Crippen LogP contribution in [0.3, 0.4) is 0 Å². The van der Waals surface area contributed by atoms with Crippen LogP contribution in [0.25, 0.3) is 0 Å². The van der Waals surface area contributed by atoms with Gasteiger partial charge in [0.2, 0.25) is 0 Å². The van der Waals surface area contributed by atoms with Gasteiger partial charge in [0.15, 0.2) is 0 Å². The average Bonchev–Trinajstić information content (AvgIpc) is 2.18. The molecule has 3 rings (SSSR count). The molecule has 2 heterocycles. The summed E-state index contributed by atoms with van der Waals surface area (Å²) in [7, 11) is 0. The zero-order valence-electron chi connectivity index (χ0n) is 5.13. The molecule has 1 nitrogen and oxygen atoms in total. The summed E-state index contributed by atoms with van der Waals surface area (Å²) in [6.07, 6.45) is 7.89. The summed E-state index contributed by atoms with van der Waals surface area (Å²) >= 11 is 0. The highest BCUT2D eigenvalue weighted by atomic mass is 16.5. The summed E-state index contributed by atoms with van der Waals surface area (Å²) in [5.41, 5.74) is 2.98.